The summed E-state index contributed by atoms with van der Waals surface area (Å²) in [5.41, 5.74) is 0.512. The summed E-state index contributed by atoms with van der Waals surface area (Å²) in [5.74, 6) is 0.591. The number of hydrogen-bond donors (Lipinski definition) is 0. The van der Waals surface area contributed by atoms with Crippen LogP contribution in [0.2, 0.25) is 8.67 Å². The van der Waals surface area contributed by atoms with Crippen LogP contribution in [0.1, 0.15) is 10.4 Å². The highest BCUT2D eigenvalue weighted by atomic mass is 35.5. The van der Waals surface area contributed by atoms with Gasteiger partial charge in [0.05, 0.1) is 9.90 Å². The van der Waals surface area contributed by atoms with Crippen molar-refractivity contribution in [3.63, 3.8) is 0 Å². The number of carbonyl (C=O) groups is 1. The van der Waals surface area contributed by atoms with E-state index in [0.717, 1.165) is 19.6 Å². The first kappa shape index (κ1) is 14.4. The minimum atomic E-state index is -0.0336. The lowest BCUT2D eigenvalue weighted by Crippen LogP contribution is -2.49. The van der Waals surface area contributed by atoms with E-state index in [2.05, 4.69) is 4.90 Å². The van der Waals surface area contributed by atoms with Crippen molar-refractivity contribution in [2.75, 3.05) is 38.6 Å². The van der Waals surface area contributed by atoms with Gasteiger partial charge in [0.1, 0.15) is 4.34 Å². The average Bonchev–Trinajstić information content (AvgIpc) is 2.69. The highest BCUT2D eigenvalue weighted by molar-refractivity contribution is 7.20. The molecule has 2 rings (SSSR count). The van der Waals surface area contributed by atoms with Crippen molar-refractivity contribution in [2.45, 2.75) is 0 Å². The lowest BCUT2D eigenvalue weighted by atomic mass is 10.2. The normalized spacial score (nSPS) is 17.2. The number of amides is 1. The predicted octanol–water partition coefficient (Wildman–Crippen LogP) is 3.05. The number of halogens is 3. The Morgan fingerprint density at radius 2 is 1.94 bits per heavy atom. The van der Waals surface area contributed by atoms with Gasteiger partial charge in [0.15, 0.2) is 0 Å². The van der Waals surface area contributed by atoms with Gasteiger partial charge in [-0.3, -0.25) is 9.69 Å². The van der Waals surface area contributed by atoms with Gasteiger partial charge in [-0.15, -0.1) is 22.9 Å². The summed E-state index contributed by atoms with van der Waals surface area (Å²) in [6, 6.07) is 1.64. The molecule has 2 heterocycles. The third-order valence-electron chi connectivity index (χ3n) is 2.95. The molecule has 0 aliphatic carbocycles. The van der Waals surface area contributed by atoms with Gasteiger partial charge in [-0.25, -0.2) is 0 Å². The number of hydrogen-bond acceptors (Lipinski definition) is 3. The van der Waals surface area contributed by atoms with E-state index < -0.39 is 0 Å². The molecule has 1 aliphatic heterocycles. The van der Waals surface area contributed by atoms with E-state index in [1.54, 1.807) is 6.07 Å². The van der Waals surface area contributed by atoms with Gasteiger partial charge in [0.2, 0.25) is 0 Å². The van der Waals surface area contributed by atoms with E-state index in [9.17, 15) is 4.79 Å². The Balaban J connectivity index is 1.97. The fourth-order valence-corrected chi connectivity index (χ4v) is 3.64. The highest BCUT2D eigenvalue weighted by Gasteiger charge is 2.24. The smallest absolute Gasteiger partial charge is 0.256 e. The zero-order chi connectivity index (χ0) is 13.1. The van der Waals surface area contributed by atoms with Crippen LogP contribution in [0, 0.1) is 0 Å². The van der Waals surface area contributed by atoms with Crippen LogP contribution in [0.3, 0.4) is 0 Å². The quantitative estimate of drug-likeness (QED) is 0.797. The Bertz CT molecular complexity index is 430. The number of thiophene rings is 1. The van der Waals surface area contributed by atoms with Crippen molar-refractivity contribution in [1.29, 1.82) is 0 Å². The Labute approximate surface area is 125 Å². The number of rotatable bonds is 3. The Morgan fingerprint density at radius 1 is 1.28 bits per heavy atom. The number of nitrogens with zero attached hydrogens (tertiary/aromatic N) is 2. The lowest BCUT2D eigenvalue weighted by Gasteiger charge is -2.34. The van der Waals surface area contributed by atoms with E-state index in [1.165, 1.54) is 11.3 Å². The van der Waals surface area contributed by atoms with Crippen molar-refractivity contribution in [2.24, 2.45) is 0 Å². The van der Waals surface area contributed by atoms with Gasteiger partial charge >= 0.3 is 0 Å². The largest absolute Gasteiger partial charge is 0.336 e. The van der Waals surface area contributed by atoms with Gasteiger partial charge in [-0.2, -0.15) is 0 Å². The monoisotopic (exact) mass is 326 g/mol. The Hall–Kier alpha value is -0.000000000000000111. The molecular formula is C11H13Cl3N2OS. The summed E-state index contributed by atoms with van der Waals surface area (Å²) in [4.78, 5) is 16.3. The van der Waals surface area contributed by atoms with Crippen molar-refractivity contribution in [3.8, 4) is 0 Å². The minimum Gasteiger partial charge on any atom is -0.336 e. The number of piperazine rings is 1. The molecule has 7 heteroatoms. The van der Waals surface area contributed by atoms with Crippen molar-refractivity contribution < 1.29 is 4.79 Å². The third-order valence-corrected chi connectivity index (χ3v) is 4.60. The topological polar surface area (TPSA) is 23.6 Å². The van der Waals surface area contributed by atoms with E-state index in [-0.39, 0.29) is 5.91 Å². The van der Waals surface area contributed by atoms with Crippen molar-refractivity contribution in [3.05, 3.63) is 20.3 Å². The SMILES string of the molecule is O=C(c1cc(Cl)sc1Cl)N1CCN(CCCl)CC1. The van der Waals surface area contributed by atoms with Crippen LogP contribution in [0.5, 0.6) is 0 Å². The van der Waals surface area contributed by atoms with Gasteiger partial charge < -0.3 is 4.90 Å². The molecule has 0 N–H and O–H groups in total. The van der Waals surface area contributed by atoms with E-state index in [0.29, 0.717) is 33.2 Å². The first-order valence-electron chi connectivity index (χ1n) is 5.64. The molecule has 1 amide bonds. The molecule has 0 spiro atoms. The predicted molar refractivity (Wildman–Crippen MR) is 77.4 cm³/mol. The van der Waals surface area contributed by atoms with Crippen LogP contribution in [0.4, 0.5) is 0 Å². The zero-order valence-electron chi connectivity index (χ0n) is 9.66. The summed E-state index contributed by atoms with van der Waals surface area (Å²) in [5, 5.41) is 0. The maximum atomic E-state index is 12.2. The molecule has 0 atom stereocenters. The second-order valence-electron chi connectivity index (χ2n) is 4.06. The Kier molecular flexibility index (Phi) is 5.15. The molecule has 1 aromatic rings. The molecule has 18 heavy (non-hydrogen) atoms. The van der Waals surface area contributed by atoms with Crippen LogP contribution < -0.4 is 0 Å². The molecule has 1 aromatic heterocycles. The van der Waals surface area contributed by atoms with Gasteiger partial charge in [0.25, 0.3) is 5.91 Å². The minimum absolute atomic E-state index is 0.0336. The first-order valence-corrected chi connectivity index (χ1v) is 7.75. The highest BCUT2D eigenvalue weighted by Crippen LogP contribution is 2.32. The second-order valence-corrected chi connectivity index (χ2v) is 6.72. The third kappa shape index (κ3) is 3.31. The molecule has 0 saturated carbocycles. The van der Waals surface area contributed by atoms with E-state index in [1.807, 2.05) is 4.90 Å². The van der Waals surface area contributed by atoms with Crippen molar-refractivity contribution >= 4 is 52.0 Å². The molecule has 1 aliphatic rings. The molecule has 0 aromatic carbocycles. The van der Waals surface area contributed by atoms with Crippen LogP contribution >= 0.6 is 46.1 Å². The van der Waals surface area contributed by atoms with Crippen LogP contribution in [-0.4, -0.2) is 54.3 Å². The molecule has 0 unspecified atom stereocenters. The number of alkyl halides is 1. The van der Waals surface area contributed by atoms with E-state index in [4.69, 9.17) is 34.8 Å². The molecule has 1 saturated heterocycles. The average molecular weight is 328 g/mol. The first-order chi connectivity index (χ1) is 8.61. The number of carbonyl (C=O) groups excluding carboxylic acids is 1. The lowest BCUT2D eigenvalue weighted by molar-refractivity contribution is 0.0645. The summed E-state index contributed by atoms with van der Waals surface area (Å²) in [6.45, 7) is 4.00. The van der Waals surface area contributed by atoms with Gasteiger partial charge in [0, 0.05) is 38.6 Å². The van der Waals surface area contributed by atoms with Gasteiger partial charge in [-0.1, -0.05) is 23.2 Å². The summed E-state index contributed by atoms with van der Waals surface area (Å²) in [7, 11) is 0. The van der Waals surface area contributed by atoms with Crippen molar-refractivity contribution in [1.82, 2.24) is 9.80 Å². The second kappa shape index (κ2) is 6.44. The van der Waals surface area contributed by atoms with E-state index >= 15 is 0 Å². The molecule has 0 radical (unpaired) electrons. The maximum absolute atomic E-state index is 12.2. The standard InChI is InChI=1S/C11H13Cl3N2OS/c12-1-2-15-3-5-16(6-4-15)11(17)8-7-9(13)18-10(8)14/h7H,1-6H2. The van der Waals surface area contributed by atoms with Crippen LogP contribution in [-0.2, 0) is 0 Å². The van der Waals surface area contributed by atoms with Gasteiger partial charge in [-0.05, 0) is 6.07 Å². The fourth-order valence-electron chi connectivity index (χ4n) is 1.95. The summed E-state index contributed by atoms with van der Waals surface area (Å²) >= 11 is 18.8. The molecule has 1 fully saturated rings. The maximum Gasteiger partial charge on any atom is 0.256 e. The molecule has 3 nitrogen and oxygen atoms in total. The van der Waals surface area contributed by atoms with Crippen LogP contribution in [0.25, 0.3) is 0 Å². The van der Waals surface area contributed by atoms with Crippen LogP contribution in [0.15, 0.2) is 6.07 Å². The molecular weight excluding hydrogens is 315 g/mol. The fraction of sp³-hybridized carbons (Fsp3) is 0.545. The Morgan fingerprint density at radius 3 is 2.44 bits per heavy atom. The zero-order valence-corrected chi connectivity index (χ0v) is 12.7. The molecule has 0 bridgehead atoms. The summed E-state index contributed by atoms with van der Waals surface area (Å²) in [6.07, 6.45) is 0. The molecule has 100 valence electrons. The summed E-state index contributed by atoms with van der Waals surface area (Å²) < 4.78 is 1.01.